The minimum Gasteiger partial charge on any atom is -0.398 e. The molecule has 4 heteroatoms. The summed E-state index contributed by atoms with van der Waals surface area (Å²) < 4.78 is 12.8. The number of carbonyl (C=O) groups is 1. The maximum absolute atomic E-state index is 12.8. The molecule has 0 spiro atoms. The van der Waals surface area contributed by atoms with Gasteiger partial charge in [0.05, 0.1) is 0 Å². The molecule has 0 aliphatic rings. The minimum absolute atomic E-state index is 0.141. The van der Waals surface area contributed by atoms with Crippen molar-refractivity contribution in [2.24, 2.45) is 0 Å². The molecule has 0 unspecified atom stereocenters. The molecule has 3 nitrogen and oxygen atoms in total. The summed E-state index contributed by atoms with van der Waals surface area (Å²) in [5.74, 6) is -0.691. The zero-order chi connectivity index (χ0) is 11.5. The molecule has 0 radical (unpaired) electrons. The Morgan fingerprint density at radius 3 is 2.50 bits per heavy atom. The van der Waals surface area contributed by atoms with E-state index >= 15 is 0 Å². The second-order valence-electron chi connectivity index (χ2n) is 3.30. The van der Waals surface area contributed by atoms with Crippen molar-refractivity contribution in [2.75, 3.05) is 5.73 Å². The van der Waals surface area contributed by atoms with Crippen molar-refractivity contribution in [3.05, 3.63) is 59.7 Å². The number of pyridine rings is 1. The highest BCUT2D eigenvalue weighted by atomic mass is 19.1. The third kappa shape index (κ3) is 1.91. The summed E-state index contributed by atoms with van der Waals surface area (Å²) in [5.41, 5.74) is 6.50. The number of benzene rings is 1. The fourth-order valence-corrected chi connectivity index (χ4v) is 1.40. The number of halogens is 1. The van der Waals surface area contributed by atoms with Crippen LogP contribution in [0.4, 0.5) is 10.1 Å². The zero-order valence-electron chi connectivity index (χ0n) is 8.35. The standard InChI is InChI=1S/C12H9FN2O/c13-9-1-2-10(11(14)7-9)12(16)8-3-5-15-6-4-8/h1-7H,14H2. The number of anilines is 1. The van der Waals surface area contributed by atoms with Crippen molar-refractivity contribution in [3.63, 3.8) is 0 Å². The number of hydrogen-bond acceptors (Lipinski definition) is 3. The van der Waals surface area contributed by atoms with Crippen LogP contribution < -0.4 is 5.73 Å². The Morgan fingerprint density at radius 2 is 1.88 bits per heavy atom. The predicted octanol–water partition coefficient (Wildman–Crippen LogP) is 2.03. The maximum Gasteiger partial charge on any atom is 0.195 e. The Hall–Kier alpha value is -2.23. The van der Waals surface area contributed by atoms with Gasteiger partial charge < -0.3 is 5.73 Å². The van der Waals surface area contributed by atoms with Crippen LogP contribution in [-0.2, 0) is 0 Å². The van der Waals surface area contributed by atoms with Crippen LogP contribution >= 0.6 is 0 Å². The number of hydrogen-bond donors (Lipinski definition) is 1. The van der Waals surface area contributed by atoms with Crippen LogP contribution in [0.3, 0.4) is 0 Å². The second-order valence-corrected chi connectivity index (χ2v) is 3.30. The molecule has 2 rings (SSSR count). The first-order valence-electron chi connectivity index (χ1n) is 4.68. The highest BCUT2D eigenvalue weighted by molar-refractivity contribution is 6.11. The Morgan fingerprint density at radius 1 is 1.19 bits per heavy atom. The first kappa shape index (κ1) is 10.3. The van der Waals surface area contributed by atoms with Crippen molar-refractivity contribution >= 4 is 11.5 Å². The normalized spacial score (nSPS) is 10.1. The summed E-state index contributed by atoms with van der Waals surface area (Å²) >= 11 is 0. The molecule has 0 saturated heterocycles. The summed E-state index contributed by atoms with van der Waals surface area (Å²) in [6, 6.07) is 6.91. The molecule has 0 aliphatic heterocycles. The van der Waals surface area contributed by atoms with Gasteiger partial charge in [0.1, 0.15) is 5.82 Å². The highest BCUT2D eigenvalue weighted by Crippen LogP contribution is 2.17. The van der Waals surface area contributed by atoms with Gasteiger partial charge in [-0.05, 0) is 30.3 Å². The van der Waals surface area contributed by atoms with Gasteiger partial charge in [0.2, 0.25) is 0 Å². The third-order valence-corrected chi connectivity index (χ3v) is 2.20. The fraction of sp³-hybridized carbons (Fsp3) is 0. The number of nitrogens with zero attached hydrogens (tertiary/aromatic N) is 1. The first-order valence-corrected chi connectivity index (χ1v) is 4.68. The summed E-state index contributed by atoms with van der Waals surface area (Å²) in [7, 11) is 0. The lowest BCUT2D eigenvalue weighted by Crippen LogP contribution is -2.05. The lowest BCUT2D eigenvalue weighted by Gasteiger charge is -2.04. The number of carbonyl (C=O) groups excluding carboxylic acids is 1. The van der Waals surface area contributed by atoms with Crippen LogP contribution in [0.15, 0.2) is 42.7 Å². The highest BCUT2D eigenvalue weighted by Gasteiger charge is 2.12. The van der Waals surface area contributed by atoms with E-state index in [-0.39, 0.29) is 11.5 Å². The van der Waals surface area contributed by atoms with Crippen LogP contribution in [0.2, 0.25) is 0 Å². The lowest BCUT2D eigenvalue weighted by atomic mass is 10.0. The summed E-state index contributed by atoms with van der Waals surface area (Å²) in [5, 5.41) is 0. The van der Waals surface area contributed by atoms with Gasteiger partial charge in [-0.15, -0.1) is 0 Å². The van der Waals surface area contributed by atoms with E-state index in [1.54, 1.807) is 12.1 Å². The lowest BCUT2D eigenvalue weighted by molar-refractivity contribution is 0.103. The largest absolute Gasteiger partial charge is 0.398 e. The molecule has 0 aliphatic carbocycles. The van der Waals surface area contributed by atoms with Gasteiger partial charge in [0.25, 0.3) is 0 Å². The van der Waals surface area contributed by atoms with Crippen LogP contribution in [0.1, 0.15) is 15.9 Å². The SMILES string of the molecule is Nc1cc(F)ccc1C(=O)c1ccncc1. The van der Waals surface area contributed by atoms with Gasteiger partial charge in [0, 0.05) is 29.2 Å². The van der Waals surface area contributed by atoms with Gasteiger partial charge >= 0.3 is 0 Å². The van der Waals surface area contributed by atoms with Crippen LogP contribution in [-0.4, -0.2) is 10.8 Å². The van der Waals surface area contributed by atoms with E-state index in [4.69, 9.17) is 5.73 Å². The molecule has 0 amide bonds. The van der Waals surface area contributed by atoms with Gasteiger partial charge in [-0.2, -0.15) is 0 Å². The van der Waals surface area contributed by atoms with Gasteiger partial charge in [-0.1, -0.05) is 0 Å². The molecule has 0 saturated carbocycles. The van der Waals surface area contributed by atoms with Gasteiger partial charge in [-0.3, -0.25) is 9.78 Å². The summed E-state index contributed by atoms with van der Waals surface area (Å²) in [4.78, 5) is 15.8. The molecule has 0 bridgehead atoms. The van der Waals surface area contributed by atoms with Crippen molar-refractivity contribution in [3.8, 4) is 0 Å². The predicted molar refractivity (Wildman–Crippen MR) is 58.5 cm³/mol. The smallest absolute Gasteiger partial charge is 0.195 e. The van der Waals surface area contributed by atoms with Crippen LogP contribution in [0.25, 0.3) is 0 Å². The molecule has 2 N–H and O–H groups in total. The Labute approximate surface area is 91.7 Å². The molecule has 0 fully saturated rings. The third-order valence-electron chi connectivity index (χ3n) is 2.20. The number of nitrogen functional groups attached to an aromatic ring is 1. The van der Waals surface area contributed by atoms with Gasteiger partial charge in [0.15, 0.2) is 5.78 Å². The van der Waals surface area contributed by atoms with E-state index in [1.165, 1.54) is 24.5 Å². The fourth-order valence-electron chi connectivity index (χ4n) is 1.40. The van der Waals surface area contributed by atoms with Crippen LogP contribution in [0, 0.1) is 5.82 Å². The average molecular weight is 216 g/mol. The van der Waals surface area contributed by atoms with Gasteiger partial charge in [-0.25, -0.2) is 4.39 Å². The van der Waals surface area contributed by atoms with E-state index in [0.29, 0.717) is 11.1 Å². The van der Waals surface area contributed by atoms with Crippen LogP contribution in [0.5, 0.6) is 0 Å². The van der Waals surface area contributed by atoms with E-state index < -0.39 is 5.82 Å². The first-order chi connectivity index (χ1) is 7.68. The average Bonchev–Trinajstić information content (AvgIpc) is 2.29. The van der Waals surface area contributed by atoms with E-state index in [0.717, 1.165) is 6.07 Å². The topological polar surface area (TPSA) is 56.0 Å². The number of rotatable bonds is 2. The molecule has 0 atom stereocenters. The molecule has 1 heterocycles. The number of aromatic nitrogens is 1. The Kier molecular flexibility index (Phi) is 2.64. The van der Waals surface area contributed by atoms with Crippen molar-refractivity contribution < 1.29 is 9.18 Å². The van der Waals surface area contributed by atoms with E-state index in [2.05, 4.69) is 4.98 Å². The number of nitrogens with two attached hydrogens (primary N) is 1. The zero-order valence-corrected chi connectivity index (χ0v) is 8.35. The quantitative estimate of drug-likeness (QED) is 0.617. The molecular weight excluding hydrogens is 207 g/mol. The summed E-state index contributed by atoms with van der Waals surface area (Å²) in [6.07, 6.45) is 3.04. The van der Waals surface area contributed by atoms with E-state index in [9.17, 15) is 9.18 Å². The molecule has 1 aromatic heterocycles. The van der Waals surface area contributed by atoms with Crippen molar-refractivity contribution in [1.82, 2.24) is 4.98 Å². The molecular formula is C12H9FN2O. The Balaban J connectivity index is 2.42. The maximum atomic E-state index is 12.8. The second kappa shape index (κ2) is 4.10. The monoisotopic (exact) mass is 216 g/mol. The number of ketones is 1. The molecule has 80 valence electrons. The summed E-state index contributed by atoms with van der Waals surface area (Å²) in [6.45, 7) is 0. The van der Waals surface area contributed by atoms with E-state index in [1.807, 2.05) is 0 Å². The minimum atomic E-state index is -0.455. The van der Waals surface area contributed by atoms with Crippen molar-refractivity contribution in [2.45, 2.75) is 0 Å². The Bertz CT molecular complexity index is 526. The molecule has 2 aromatic rings. The molecule has 1 aromatic carbocycles. The van der Waals surface area contributed by atoms with Crippen molar-refractivity contribution in [1.29, 1.82) is 0 Å². The molecule has 16 heavy (non-hydrogen) atoms.